The lowest BCUT2D eigenvalue weighted by molar-refractivity contribution is 0.148. The molecule has 0 saturated heterocycles. The van der Waals surface area contributed by atoms with Gasteiger partial charge < -0.3 is 20.1 Å². The highest BCUT2D eigenvalue weighted by molar-refractivity contribution is 7.81. The molecular formula is C29H31N3O4S. The van der Waals surface area contributed by atoms with Gasteiger partial charge in [-0.05, 0) is 37.1 Å². The second-order valence-electron chi connectivity index (χ2n) is 9.29. The Morgan fingerprint density at radius 3 is 2.43 bits per heavy atom. The summed E-state index contributed by atoms with van der Waals surface area (Å²) in [4.78, 5) is 30.3. The first kappa shape index (κ1) is 26.5. The van der Waals surface area contributed by atoms with Crippen LogP contribution in [0.25, 0.3) is 16.8 Å². The van der Waals surface area contributed by atoms with E-state index in [1.54, 1.807) is 7.11 Å². The number of aliphatic hydroxyl groups excluding tert-OH is 1. The van der Waals surface area contributed by atoms with Crippen LogP contribution in [0.2, 0.25) is 0 Å². The van der Waals surface area contributed by atoms with Gasteiger partial charge in [0.25, 0.3) is 5.56 Å². The third-order valence-electron chi connectivity index (χ3n) is 6.33. The van der Waals surface area contributed by atoms with Gasteiger partial charge in [0.1, 0.15) is 5.75 Å². The standard InChI is InChI=1S/C29H31N3O4S/c1-18-4-9-21(10-5-18)27-26(24-13-6-19(2)14-25(24)37)28(34)32(29(35)31-27)17-22(33)16-30-15-20-7-11-23(36-3)12-8-20/h4-13,22,30,33H,14-17H2,1-3H3,(H,31,35). The summed E-state index contributed by atoms with van der Waals surface area (Å²) in [5, 5.41) is 13.8. The van der Waals surface area contributed by atoms with Crippen molar-refractivity contribution in [3.8, 4) is 17.0 Å². The summed E-state index contributed by atoms with van der Waals surface area (Å²) >= 11 is 5.64. The molecule has 7 nitrogen and oxygen atoms in total. The van der Waals surface area contributed by atoms with Crippen molar-refractivity contribution in [2.75, 3.05) is 13.7 Å². The van der Waals surface area contributed by atoms with Crippen LogP contribution in [0.1, 0.15) is 30.0 Å². The summed E-state index contributed by atoms with van der Waals surface area (Å²) in [5.41, 5.74) is 4.26. The summed E-state index contributed by atoms with van der Waals surface area (Å²) < 4.78 is 6.22. The van der Waals surface area contributed by atoms with Crippen molar-refractivity contribution >= 4 is 22.7 Å². The number of allylic oxidation sites excluding steroid dienone is 4. The SMILES string of the molecule is COc1ccc(CNCC(O)Cn2c(=O)[nH]c(-c3ccc(C)cc3)c(C3=CC=C(C)CC3=S)c2=O)cc1. The number of ether oxygens (including phenoxy) is 1. The second kappa shape index (κ2) is 11.6. The maximum Gasteiger partial charge on any atom is 0.328 e. The number of thiocarbonyl (C=S) groups is 1. The van der Waals surface area contributed by atoms with Gasteiger partial charge in [-0.15, -0.1) is 0 Å². The molecule has 2 aromatic carbocycles. The maximum atomic E-state index is 13.7. The number of nitrogens with zero attached hydrogens (tertiary/aromatic N) is 1. The number of benzene rings is 2. The topological polar surface area (TPSA) is 96.3 Å². The number of rotatable bonds is 9. The molecule has 1 heterocycles. The van der Waals surface area contributed by atoms with E-state index in [4.69, 9.17) is 17.0 Å². The molecule has 0 fully saturated rings. The van der Waals surface area contributed by atoms with E-state index in [1.165, 1.54) is 0 Å². The van der Waals surface area contributed by atoms with Crippen molar-refractivity contribution in [1.29, 1.82) is 0 Å². The lowest BCUT2D eigenvalue weighted by Crippen LogP contribution is -2.43. The zero-order chi connectivity index (χ0) is 26.5. The van der Waals surface area contributed by atoms with Crippen molar-refractivity contribution in [1.82, 2.24) is 14.9 Å². The molecule has 0 amide bonds. The van der Waals surface area contributed by atoms with Crippen LogP contribution in [-0.4, -0.2) is 39.3 Å². The summed E-state index contributed by atoms with van der Waals surface area (Å²) in [6.07, 6.45) is 3.40. The van der Waals surface area contributed by atoms with Crippen LogP contribution in [0.15, 0.2) is 75.8 Å². The molecule has 1 atom stereocenters. The number of methoxy groups -OCH3 is 1. The molecular weight excluding hydrogens is 486 g/mol. The predicted molar refractivity (Wildman–Crippen MR) is 151 cm³/mol. The van der Waals surface area contributed by atoms with Crippen LogP contribution in [0.4, 0.5) is 0 Å². The number of aromatic amines is 1. The monoisotopic (exact) mass is 517 g/mol. The molecule has 1 aliphatic carbocycles. The fraction of sp³-hybridized carbons (Fsp3) is 0.276. The third kappa shape index (κ3) is 6.22. The first-order valence-corrected chi connectivity index (χ1v) is 12.5. The summed E-state index contributed by atoms with van der Waals surface area (Å²) in [6, 6.07) is 15.2. The smallest absolute Gasteiger partial charge is 0.328 e. The maximum absolute atomic E-state index is 13.7. The molecule has 0 bridgehead atoms. The molecule has 192 valence electrons. The van der Waals surface area contributed by atoms with Crippen LogP contribution in [0, 0.1) is 6.92 Å². The Hall–Kier alpha value is -3.59. The van der Waals surface area contributed by atoms with E-state index in [9.17, 15) is 14.7 Å². The van der Waals surface area contributed by atoms with Gasteiger partial charge in [0.15, 0.2) is 0 Å². The van der Waals surface area contributed by atoms with Crippen molar-refractivity contribution in [2.24, 2.45) is 0 Å². The predicted octanol–water partition coefficient (Wildman–Crippen LogP) is 3.77. The van der Waals surface area contributed by atoms with Crippen LogP contribution >= 0.6 is 12.2 Å². The molecule has 1 unspecified atom stereocenters. The van der Waals surface area contributed by atoms with E-state index >= 15 is 0 Å². The van der Waals surface area contributed by atoms with E-state index in [0.717, 1.165) is 32.6 Å². The molecule has 1 aromatic heterocycles. The van der Waals surface area contributed by atoms with E-state index < -0.39 is 17.4 Å². The van der Waals surface area contributed by atoms with Gasteiger partial charge in [0.2, 0.25) is 0 Å². The van der Waals surface area contributed by atoms with Crippen LogP contribution < -0.4 is 21.3 Å². The first-order chi connectivity index (χ1) is 17.8. The number of aromatic nitrogens is 2. The third-order valence-corrected chi connectivity index (χ3v) is 6.70. The summed E-state index contributed by atoms with van der Waals surface area (Å²) in [7, 11) is 1.61. The number of nitrogens with one attached hydrogen (secondary N) is 2. The first-order valence-electron chi connectivity index (χ1n) is 12.1. The van der Waals surface area contributed by atoms with Crippen LogP contribution in [0.5, 0.6) is 5.75 Å². The highest BCUT2D eigenvalue weighted by Crippen LogP contribution is 2.29. The molecule has 1 aliphatic rings. The minimum absolute atomic E-state index is 0.153. The fourth-order valence-electron chi connectivity index (χ4n) is 4.27. The molecule has 37 heavy (non-hydrogen) atoms. The average molecular weight is 518 g/mol. The minimum Gasteiger partial charge on any atom is -0.497 e. The molecule has 0 saturated carbocycles. The number of aryl methyl sites for hydroxylation is 1. The Morgan fingerprint density at radius 1 is 1.08 bits per heavy atom. The normalized spacial score (nSPS) is 14.2. The van der Waals surface area contributed by atoms with E-state index in [1.807, 2.05) is 74.5 Å². The number of hydrogen-bond acceptors (Lipinski definition) is 6. The lowest BCUT2D eigenvalue weighted by atomic mass is 9.91. The molecule has 4 rings (SSSR count). The molecule has 0 spiro atoms. The largest absolute Gasteiger partial charge is 0.497 e. The van der Waals surface area contributed by atoms with Gasteiger partial charge in [0.05, 0.1) is 31.0 Å². The van der Waals surface area contributed by atoms with Crippen molar-refractivity contribution in [2.45, 2.75) is 39.5 Å². The lowest BCUT2D eigenvalue weighted by Gasteiger charge is -2.19. The van der Waals surface area contributed by atoms with E-state index in [-0.39, 0.29) is 13.1 Å². The van der Waals surface area contributed by atoms with E-state index in [0.29, 0.717) is 34.7 Å². The van der Waals surface area contributed by atoms with Gasteiger partial charge in [0, 0.05) is 29.9 Å². The summed E-state index contributed by atoms with van der Waals surface area (Å²) in [6.45, 7) is 4.54. The number of hydrogen-bond donors (Lipinski definition) is 3. The van der Waals surface area contributed by atoms with Gasteiger partial charge in [-0.2, -0.15) is 0 Å². The molecule has 8 heteroatoms. The van der Waals surface area contributed by atoms with Crippen molar-refractivity contribution in [3.05, 3.63) is 104 Å². The van der Waals surface area contributed by atoms with Crippen molar-refractivity contribution < 1.29 is 9.84 Å². The molecule has 0 radical (unpaired) electrons. The van der Waals surface area contributed by atoms with Crippen LogP contribution in [-0.2, 0) is 13.1 Å². The van der Waals surface area contributed by atoms with Crippen LogP contribution in [0.3, 0.4) is 0 Å². The Bertz CT molecular complexity index is 1460. The van der Waals surface area contributed by atoms with Gasteiger partial charge >= 0.3 is 5.69 Å². The minimum atomic E-state index is -0.954. The Kier molecular flexibility index (Phi) is 8.33. The fourth-order valence-corrected chi connectivity index (χ4v) is 4.67. The quantitative estimate of drug-likeness (QED) is 0.374. The zero-order valence-electron chi connectivity index (χ0n) is 21.2. The highest BCUT2D eigenvalue weighted by Gasteiger charge is 2.23. The Morgan fingerprint density at radius 2 is 1.78 bits per heavy atom. The second-order valence-corrected chi connectivity index (χ2v) is 9.78. The summed E-state index contributed by atoms with van der Waals surface area (Å²) in [5.74, 6) is 0.769. The number of aliphatic hydroxyl groups is 1. The molecule has 3 N–H and O–H groups in total. The van der Waals surface area contributed by atoms with Gasteiger partial charge in [-0.25, -0.2) is 4.79 Å². The Balaban J connectivity index is 1.62. The van der Waals surface area contributed by atoms with E-state index in [2.05, 4.69) is 10.3 Å². The van der Waals surface area contributed by atoms with Gasteiger partial charge in [-0.3, -0.25) is 9.36 Å². The highest BCUT2D eigenvalue weighted by atomic mass is 32.1. The van der Waals surface area contributed by atoms with Crippen molar-refractivity contribution in [3.63, 3.8) is 0 Å². The average Bonchev–Trinajstić information content (AvgIpc) is 2.88. The molecule has 0 aliphatic heterocycles. The molecule has 3 aromatic rings. The number of H-pyrrole nitrogens is 1. The Labute approximate surface area is 221 Å². The zero-order valence-corrected chi connectivity index (χ0v) is 22.0. The van der Waals surface area contributed by atoms with Gasteiger partial charge in [-0.1, -0.05) is 71.9 Å².